The van der Waals surface area contributed by atoms with Crippen molar-refractivity contribution < 1.29 is 28.4 Å². The molecule has 0 aliphatic heterocycles. The summed E-state index contributed by atoms with van der Waals surface area (Å²) in [7, 11) is 0. The van der Waals surface area contributed by atoms with Crippen LogP contribution in [0.3, 0.4) is 0 Å². The molecule has 1 N–H and O–H groups in total. The number of nitrogens with one attached hydrogen (secondary N) is 1. The number of hydrogen-bond donors (Lipinski definition) is 1. The van der Waals surface area contributed by atoms with Crippen molar-refractivity contribution in [2.75, 3.05) is 5.32 Å². The summed E-state index contributed by atoms with van der Waals surface area (Å²) in [6.07, 6.45) is -0.458. The Hall–Kier alpha value is -0.913. The van der Waals surface area contributed by atoms with Crippen LogP contribution in [0.25, 0.3) is 0 Å². The topological polar surface area (TPSA) is 38.3 Å². The molecule has 1 amide bonds. The maximum absolute atomic E-state index is 11.3. The Balaban J connectivity index is 0.00000196. The van der Waals surface area contributed by atoms with Gasteiger partial charge in [-0.25, -0.2) is 4.79 Å². The van der Waals surface area contributed by atoms with Crippen LogP contribution in [0, 0.1) is 6.07 Å². The van der Waals surface area contributed by atoms with Crippen molar-refractivity contribution in [1.82, 2.24) is 0 Å². The molecule has 15 heavy (non-hydrogen) atoms. The van der Waals surface area contributed by atoms with Crippen LogP contribution in [0.15, 0.2) is 24.3 Å². The monoisotopic (exact) mass is 199 g/mol. The first-order chi connectivity index (χ1) is 6.47. The van der Waals surface area contributed by atoms with E-state index < -0.39 is 11.7 Å². The van der Waals surface area contributed by atoms with Crippen molar-refractivity contribution >= 4 is 11.8 Å². The predicted octanol–water partition coefficient (Wildman–Crippen LogP) is -0.162. The Bertz CT molecular complexity index is 306. The predicted molar refractivity (Wildman–Crippen MR) is 55.1 cm³/mol. The van der Waals surface area contributed by atoms with Crippen molar-refractivity contribution in [2.45, 2.75) is 26.4 Å². The van der Waals surface area contributed by atoms with E-state index in [1.165, 1.54) is 0 Å². The number of carbonyl (C=O) groups is 1. The summed E-state index contributed by atoms with van der Waals surface area (Å²) < 4.78 is 5.07. The van der Waals surface area contributed by atoms with E-state index in [4.69, 9.17) is 4.74 Å². The van der Waals surface area contributed by atoms with E-state index in [2.05, 4.69) is 11.4 Å². The SMILES string of the molecule is CC(C)(C)OC(=O)Nc1[c-]cccc1.[Li+]. The van der Waals surface area contributed by atoms with Gasteiger partial charge in [-0.1, -0.05) is 5.69 Å². The molecule has 0 aliphatic rings. The third-order valence-electron chi connectivity index (χ3n) is 1.34. The Morgan fingerprint density at radius 1 is 1.40 bits per heavy atom. The Morgan fingerprint density at radius 2 is 2.07 bits per heavy atom. The number of carbonyl (C=O) groups excluding carboxylic acids is 1. The molecular weight excluding hydrogens is 185 g/mol. The van der Waals surface area contributed by atoms with E-state index in [0.29, 0.717) is 5.69 Å². The summed E-state index contributed by atoms with van der Waals surface area (Å²) in [5.74, 6) is 0. The number of amides is 1. The first kappa shape index (κ1) is 14.1. The molecule has 0 atom stereocenters. The molecule has 3 nitrogen and oxygen atoms in total. The van der Waals surface area contributed by atoms with Crippen molar-refractivity contribution in [1.29, 1.82) is 0 Å². The van der Waals surface area contributed by atoms with Crippen LogP contribution >= 0.6 is 0 Å². The van der Waals surface area contributed by atoms with Crippen LogP contribution in [0.4, 0.5) is 10.5 Å². The molecule has 0 fully saturated rings. The summed E-state index contributed by atoms with van der Waals surface area (Å²) in [5, 5.41) is 2.58. The van der Waals surface area contributed by atoms with Gasteiger partial charge < -0.3 is 10.1 Å². The van der Waals surface area contributed by atoms with Gasteiger partial charge in [0, 0.05) is 0 Å². The maximum Gasteiger partial charge on any atom is 1.00 e. The van der Waals surface area contributed by atoms with Crippen LogP contribution < -0.4 is 24.2 Å². The average Bonchev–Trinajstić information content (AvgIpc) is 2.02. The second kappa shape index (κ2) is 5.84. The minimum Gasteiger partial charge on any atom is -0.444 e. The molecule has 0 spiro atoms. The summed E-state index contributed by atoms with van der Waals surface area (Å²) in [6.45, 7) is 5.46. The van der Waals surface area contributed by atoms with Gasteiger partial charge in [-0.15, -0.1) is 6.07 Å². The third kappa shape index (κ3) is 6.22. The molecular formula is C11H14LiNO2. The smallest absolute Gasteiger partial charge is 0.444 e. The van der Waals surface area contributed by atoms with Crippen LogP contribution in [-0.4, -0.2) is 11.7 Å². The summed E-state index contributed by atoms with van der Waals surface area (Å²) >= 11 is 0. The van der Waals surface area contributed by atoms with Crippen LogP contribution in [0.2, 0.25) is 0 Å². The zero-order valence-electron chi connectivity index (χ0n) is 9.63. The van der Waals surface area contributed by atoms with E-state index in [1.807, 2.05) is 32.9 Å². The quantitative estimate of drug-likeness (QED) is 0.504. The first-order valence-corrected chi connectivity index (χ1v) is 4.44. The second-order valence-corrected chi connectivity index (χ2v) is 3.90. The molecule has 76 valence electrons. The fraction of sp³-hybridized carbons (Fsp3) is 0.364. The largest absolute Gasteiger partial charge is 1.00 e. The summed E-state index contributed by atoms with van der Waals surface area (Å²) in [5.41, 5.74) is 0.139. The molecule has 0 heterocycles. The number of hydrogen-bond acceptors (Lipinski definition) is 2. The van der Waals surface area contributed by atoms with E-state index in [9.17, 15) is 4.79 Å². The van der Waals surface area contributed by atoms with Crippen molar-refractivity contribution in [3.63, 3.8) is 0 Å². The Morgan fingerprint density at radius 3 is 2.53 bits per heavy atom. The van der Waals surface area contributed by atoms with Crippen molar-refractivity contribution in [3.8, 4) is 0 Å². The maximum atomic E-state index is 11.3. The minimum atomic E-state index is -0.473. The van der Waals surface area contributed by atoms with Gasteiger partial charge >= 0.3 is 25.0 Å². The molecule has 0 saturated carbocycles. The zero-order chi connectivity index (χ0) is 10.6. The molecule has 1 aromatic rings. The Kier molecular flexibility index (Phi) is 5.49. The number of benzene rings is 1. The van der Waals surface area contributed by atoms with Gasteiger partial charge in [0.15, 0.2) is 0 Å². The molecule has 0 bridgehead atoms. The van der Waals surface area contributed by atoms with Crippen molar-refractivity contribution in [2.24, 2.45) is 0 Å². The second-order valence-electron chi connectivity index (χ2n) is 3.90. The van der Waals surface area contributed by atoms with E-state index in [-0.39, 0.29) is 18.9 Å². The first-order valence-electron chi connectivity index (χ1n) is 4.44. The fourth-order valence-electron chi connectivity index (χ4n) is 0.885. The van der Waals surface area contributed by atoms with Crippen LogP contribution in [0.5, 0.6) is 0 Å². The normalized spacial score (nSPS) is 10.1. The van der Waals surface area contributed by atoms with Gasteiger partial charge in [0.1, 0.15) is 5.60 Å². The molecule has 0 radical (unpaired) electrons. The fourth-order valence-corrected chi connectivity index (χ4v) is 0.885. The standard InChI is InChI=1S/C11H14NO2.Li/c1-11(2,3)14-10(13)12-9-7-5-4-6-8-9;/h4-7H,1-3H3,(H,12,13);/q-1;+1. The minimum absolute atomic E-state index is 0. The van der Waals surface area contributed by atoms with Gasteiger partial charge in [-0.05, 0) is 20.8 Å². The van der Waals surface area contributed by atoms with Gasteiger partial charge in [-0.2, -0.15) is 24.3 Å². The molecule has 0 aliphatic carbocycles. The van der Waals surface area contributed by atoms with Gasteiger partial charge in [-0.3, -0.25) is 0 Å². The molecule has 0 aromatic heterocycles. The molecule has 1 rings (SSSR count). The third-order valence-corrected chi connectivity index (χ3v) is 1.34. The van der Waals surface area contributed by atoms with Crippen molar-refractivity contribution in [3.05, 3.63) is 30.3 Å². The molecule has 0 saturated heterocycles. The van der Waals surface area contributed by atoms with E-state index >= 15 is 0 Å². The number of ether oxygens (including phenoxy) is 1. The van der Waals surface area contributed by atoms with Gasteiger partial charge in [0.2, 0.25) is 0 Å². The Labute approximate surface area is 102 Å². The molecule has 4 heteroatoms. The van der Waals surface area contributed by atoms with Crippen LogP contribution in [-0.2, 0) is 4.74 Å². The van der Waals surface area contributed by atoms with E-state index in [1.54, 1.807) is 12.1 Å². The number of rotatable bonds is 1. The summed E-state index contributed by atoms with van der Waals surface area (Å²) in [4.78, 5) is 11.3. The van der Waals surface area contributed by atoms with E-state index in [0.717, 1.165) is 0 Å². The molecule has 0 unspecified atom stereocenters. The average molecular weight is 199 g/mol. The van der Waals surface area contributed by atoms with Gasteiger partial charge in [0.05, 0.1) is 0 Å². The molecule has 1 aromatic carbocycles. The van der Waals surface area contributed by atoms with Crippen LogP contribution in [0.1, 0.15) is 20.8 Å². The zero-order valence-corrected chi connectivity index (χ0v) is 9.63. The number of anilines is 1. The number of para-hydroxylation sites is 1. The summed E-state index contributed by atoms with van der Waals surface area (Å²) in [6, 6.07) is 10.0. The van der Waals surface area contributed by atoms with Gasteiger partial charge in [0.25, 0.3) is 0 Å².